The summed E-state index contributed by atoms with van der Waals surface area (Å²) < 4.78 is 32.9. The van der Waals surface area contributed by atoms with E-state index in [2.05, 4.69) is 17.9 Å². The summed E-state index contributed by atoms with van der Waals surface area (Å²) in [6.07, 6.45) is 0. The average molecular weight is 412 g/mol. The Morgan fingerprint density at radius 3 is 2.31 bits per heavy atom. The number of sulfonamides is 1. The first-order valence-corrected chi connectivity index (χ1v) is 11.1. The Labute approximate surface area is 171 Å². The second-order valence-electron chi connectivity index (χ2n) is 7.36. The van der Waals surface area contributed by atoms with E-state index < -0.39 is 10.0 Å². The Morgan fingerprint density at radius 2 is 1.66 bits per heavy atom. The summed E-state index contributed by atoms with van der Waals surface area (Å²) in [5.74, 6) is 1.60. The molecule has 0 bridgehead atoms. The van der Waals surface area contributed by atoms with Crippen LogP contribution in [0.1, 0.15) is 11.1 Å². The third-order valence-electron chi connectivity index (χ3n) is 5.44. The van der Waals surface area contributed by atoms with Gasteiger partial charge in [0.1, 0.15) is 17.1 Å². The average Bonchev–Trinajstić information content (AvgIpc) is 2.73. The SMILES string of the molecule is COc1cccc2c(C)cc(N3CCN(S(=O)(=O)c4ccc(C)cc4)CC3)nc12. The maximum Gasteiger partial charge on any atom is 0.243 e. The lowest BCUT2D eigenvalue weighted by atomic mass is 10.1. The van der Waals surface area contributed by atoms with Gasteiger partial charge in [0.05, 0.1) is 12.0 Å². The molecule has 29 heavy (non-hydrogen) atoms. The van der Waals surface area contributed by atoms with Crippen LogP contribution in [0.4, 0.5) is 5.82 Å². The van der Waals surface area contributed by atoms with Gasteiger partial charge < -0.3 is 9.64 Å². The topological polar surface area (TPSA) is 62.7 Å². The number of hydrogen-bond acceptors (Lipinski definition) is 5. The number of piperazine rings is 1. The molecular formula is C22H25N3O3S. The molecule has 1 aromatic heterocycles. The highest BCUT2D eigenvalue weighted by atomic mass is 32.2. The Kier molecular flexibility index (Phi) is 5.19. The lowest BCUT2D eigenvalue weighted by molar-refractivity contribution is 0.384. The molecule has 0 spiro atoms. The maximum absolute atomic E-state index is 12.9. The second-order valence-corrected chi connectivity index (χ2v) is 9.30. The molecular weight excluding hydrogens is 386 g/mol. The van der Waals surface area contributed by atoms with E-state index in [-0.39, 0.29) is 0 Å². The van der Waals surface area contributed by atoms with Crippen LogP contribution in [0.3, 0.4) is 0 Å². The third kappa shape index (κ3) is 3.68. The Balaban J connectivity index is 1.56. The van der Waals surface area contributed by atoms with Crippen LogP contribution in [-0.2, 0) is 10.0 Å². The van der Waals surface area contributed by atoms with Crippen LogP contribution in [0.2, 0.25) is 0 Å². The van der Waals surface area contributed by atoms with Crippen LogP contribution in [0.15, 0.2) is 53.4 Å². The normalized spacial score (nSPS) is 15.6. The number of hydrogen-bond donors (Lipinski definition) is 0. The van der Waals surface area contributed by atoms with E-state index in [0.717, 1.165) is 33.6 Å². The van der Waals surface area contributed by atoms with E-state index in [9.17, 15) is 8.42 Å². The zero-order valence-corrected chi connectivity index (χ0v) is 17.7. The van der Waals surface area contributed by atoms with Crippen molar-refractivity contribution in [3.63, 3.8) is 0 Å². The smallest absolute Gasteiger partial charge is 0.243 e. The van der Waals surface area contributed by atoms with E-state index in [0.29, 0.717) is 31.1 Å². The molecule has 0 radical (unpaired) electrons. The van der Waals surface area contributed by atoms with Gasteiger partial charge in [0.25, 0.3) is 0 Å². The Hall–Kier alpha value is -2.64. The fourth-order valence-electron chi connectivity index (χ4n) is 3.72. The van der Waals surface area contributed by atoms with E-state index in [1.807, 2.05) is 37.3 Å². The predicted octanol–water partition coefficient (Wildman–Crippen LogP) is 3.37. The van der Waals surface area contributed by atoms with E-state index in [1.165, 1.54) is 0 Å². The number of anilines is 1. The monoisotopic (exact) mass is 411 g/mol. The molecule has 2 aromatic carbocycles. The minimum Gasteiger partial charge on any atom is -0.494 e. The van der Waals surface area contributed by atoms with Crippen molar-refractivity contribution in [1.82, 2.24) is 9.29 Å². The largest absolute Gasteiger partial charge is 0.494 e. The van der Waals surface area contributed by atoms with Crippen molar-refractivity contribution in [3.8, 4) is 5.75 Å². The summed E-state index contributed by atoms with van der Waals surface area (Å²) in [6.45, 7) is 6.06. The molecule has 0 aliphatic carbocycles. The number of aromatic nitrogens is 1. The molecule has 1 aliphatic heterocycles. The fourth-order valence-corrected chi connectivity index (χ4v) is 5.14. The van der Waals surface area contributed by atoms with Gasteiger partial charge >= 0.3 is 0 Å². The third-order valence-corrected chi connectivity index (χ3v) is 7.35. The van der Waals surface area contributed by atoms with Crippen molar-refractivity contribution >= 4 is 26.7 Å². The molecule has 0 atom stereocenters. The quantitative estimate of drug-likeness (QED) is 0.659. The first-order valence-electron chi connectivity index (χ1n) is 9.66. The zero-order valence-electron chi connectivity index (χ0n) is 16.9. The highest BCUT2D eigenvalue weighted by Gasteiger charge is 2.29. The summed E-state index contributed by atoms with van der Waals surface area (Å²) in [7, 11) is -1.83. The van der Waals surface area contributed by atoms with E-state index >= 15 is 0 Å². The van der Waals surface area contributed by atoms with Gasteiger partial charge in [-0.1, -0.05) is 29.8 Å². The number of aryl methyl sites for hydroxylation is 2. The molecule has 1 fully saturated rings. The van der Waals surface area contributed by atoms with Crippen LogP contribution in [0.25, 0.3) is 10.9 Å². The zero-order chi connectivity index (χ0) is 20.6. The van der Waals surface area contributed by atoms with Crippen molar-refractivity contribution in [3.05, 3.63) is 59.7 Å². The molecule has 152 valence electrons. The lowest BCUT2D eigenvalue weighted by Gasteiger charge is -2.35. The highest BCUT2D eigenvalue weighted by molar-refractivity contribution is 7.89. The fraction of sp³-hybridized carbons (Fsp3) is 0.318. The van der Waals surface area contributed by atoms with Crippen molar-refractivity contribution < 1.29 is 13.2 Å². The number of nitrogens with zero attached hydrogens (tertiary/aromatic N) is 3. The van der Waals surface area contributed by atoms with Gasteiger partial charge in [0.2, 0.25) is 10.0 Å². The number of benzene rings is 2. The van der Waals surface area contributed by atoms with Crippen LogP contribution in [0.5, 0.6) is 5.75 Å². The summed E-state index contributed by atoms with van der Waals surface area (Å²) in [6, 6.07) is 15.0. The molecule has 2 heterocycles. The number of pyridine rings is 1. The van der Waals surface area contributed by atoms with Gasteiger partial charge in [0, 0.05) is 31.6 Å². The van der Waals surface area contributed by atoms with Gasteiger partial charge in [0.15, 0.2) is 0 Å². The Bertz CT molecular complexity index is 1140. The second kappa shape index (κ2) is 7.65. The van der Waals surface area contributed by atoms with Crippen LogP contribution >= 0.6 is 0 Å². The van der Waals surface area contributed by atoms with Gasteiger partial charge in [-0.25, -0.2) is 13.4 Å². The van der Waals surface area contributed by atoms with Crippen molar-refractivity contribution in [1.29, 1.82) is 0 Å². The number of rotatable bonds is 4. The molecule has 4 rings (SSSR count). The molecule has 0 amide bonds. The summed E-state index contributed by atoms with van der Waals surface area (Å²) in [5.41, 5.74) is 3.00. The first-order chi connectivity index (χ1) is 13.9. The lowest BCUT2D eigenvalue weighted by Crippen LogP contribution is -2.48. The van der Waals surface area contributed by atoms with Gasteiger partial charge in [-0.3, -0.25) is 0 Å². The van der Waals surface area contributed by atoms with Crippen LogP contribution in [-0.4, -0.2) is 51.0 Å². The molecule has 6 nitrogen and oxygen atoms in total. The number of methoxy groups -OCH3 is 1. The molecule has 1 saturated heterocycles. The summed E-state index contributed by atoms with van der Waals surface area (Å²) in [4.78, 5) is 7.31. The summed E-state index contributed by atoms with van der Waals surface area (Å²) >= 11 is 0. The molecule has 1 aliphatic rings. The van der Waals surface area contributed by atoms with Crippen LogP contribution < -0.4 is 9.64 Å². The Morgan fingerprint density at radius 1 is 0.966 bits per heavy atom. The first kappa shape index (κ1) is 19.7. The summed E-state index contributed by atoms with van der Waals surface area (Å²) in [5, 5.41) is 1.06. The molecule has 0 saturated carbocycles. The number of ether oxygens (including phenoxy) is 1. The van der Waals surface area contributed by atoms with Crippen molar-refractivity contribution in [2.24, 2.45) is 0 Å². The van der Waals surface area contributed by atoms with E-state index in [1.54, 1.807) is 23.5 Å². The van der Waals surface area contributed by atoms with Gasteiger partial charge in [-0.2, -0.15) is 4.31 Å². The van der Waals surface area contributed by atoms with Crippen molar-refractivity contribution in [2.45, 2.75) is 18.7 Å². The van der Waals surface area contributed by atoms with Crippen LogP contribution in [0, 0.1) is 13.8 Å². The number of fused-ring (bicyclic) bond motifs is 1. The molecule has 3 aromatic rings. The molecule has 0 unspecified atom stereocenters. The van der Waals surface area contributed by atoms with Gasteiger partial charge in [-0.05, 0) is 43.7 Å². The standard InChI is InChI=1S/C22H25N3O3S/c1-16-7-9-18(10-8-16)29(26,27)25-13-11-24(12-14-25)21-15-17(2)19-5-4-6-20(28-3)22(19)23-21/h4-10,15H,11-14H2,1-3H3. The molecule has 7 heteroatoms. The van der Waals surface area contributed by atoms with Gasteiger partial charge in [-0.15, -0.1) is 0 Å². The maximum atomic E-state index is 12.9. The predicted molar refractivity (Wildman–Crippen MR) is 115 cm³/mol. The minimum absolute atomic E-state index is 0.348. The van der Waals surface area contributed by atoms with Crippen molar-refractivity contribution in [2.75, 3.05) is 38.2 Å². The highest BCUT2D eigenvalue weighted by Crippen LogP contribution is 2.30. The number of para-hydroxylation sites is 1. The van der Waals surface area contributed by atoms with E-state index in [4.69, 9.17) is 9.72 Å². The minimum atomic E-state index is -3.47. The molecule has 0 N–H and O–H groups in total.